The lowest BCUT2D eigenvalue weighted by molar-refractivity contribution is -0.991. The fourth-order valence-electron chi connectivity index (χ4n) is 1.17. The van der Waals surface area contributed by atoms with Crippen LogP contribution in [-0.2, 0) is 9.53 Å². The Bertz CT molecular complexity index is 352. The van der Waals surface area contributed by atoms with Crippen molar-refractivity contribution >= 4 is 11.7 Å². The van der Waals surface area contributed by atoms with Crippen LogP contribution in [0.25, 0.3) is 0 Å². The Hall–Kier alpha value is -1.47. The molecule has 0 bridgehead atoms. The number of quaternary nitrogens is 1. The van der Waals surface area contributed by atoms with Gasteiger partial charge in [-0.3, -0.25) is 0 Å². The van der Waals surface area contributed by atoms with Crippen molar-refractivity contribution in [3.05, 3.63) is 35.0 Å². The van der Waals surface area contributed by atoms with E-state index < -0.39 is 17.3 Å². The summed E-state index contributed by atoms with van der Waals surface area (Å²) < 4.78 is 4.32. The molecule has 15 heavy (non-hydrogen) atoms. The monoisotopic (exact) mass is 213 g/mol. The van der Waals surface area contributed by atoms with E-state index in [9.17, 15) is 15.1 Å². The van der Waals surface area contributed by atoms with Gasteiger partial charge in [-0.2, -0.15) is 5.23 Å². The lowest BCUT2D eigenvalue weighted by atomic mass is 10.1. The third-order valence-corrected chi connectivity index (χ3v) is 1.91. The molecule has 1 aromatic carbocycles. The molecule has 0 aromatic heterocycles. The van der Waals surface area contributed by atoms with Crippen LogP contribution in [0.4, 0.5) is 5.69 Å². The number of aliphatic hydroxyl groups is 1. The van der Waals surface area contributed by atoms with Crippen molar-refractivity contribution < 1.29 is 25.1 Å². The summed E-state index contributed by atoms with van der Waals surface area (Å²) in [7, 11) is 1.12. The quantitative estimate of drug-likeness (QED) is 0.455. The molecule has 3 N–H and O–H groups in total. The number of rotatable bonds is 3. The summed E-state index contributed by atoms with van der Waals surface area (Å²) in [4.78, 5) is 11.0. The predicted molar refractivity (Wildman–Crippen MR) is 49.2 cm³/mol. The maximum Gasteiger partial charge on any atom is 0.339 e. The Labute approximate surface area is 85.9 Å². The minimum absolute atomic E-state index is 0.0249. The van der Waals surface area contributed by atoms with Gasteiger partial charge in [-0.25, -0.2) is 10.0 Å². The summed E-state index contributed by atoms with van der Waals surface area (Å²) in [5.41, 5.74) is -0.0905. The zero-order valence-electron chi connectivity index (χ0n) is 8.01. The van der Waals surface area contributed by atoms with Gasteiger partial charge in [0, 0.05) is 6.07 Å². The first-order chi connectivity index (χ1) is 7.07. The fraction of sp³-hybridized carbons (Fsp3) is 0.222. The minimum atomic E-state index is -1.57. The van der Waals surface area contributed by atoms with E-state index in [0.717, 1.165) is 7.11 Å². The Morgan fingerprint density at radius 1 is 1.53 bits per heavy atom. The highest BCUT2D eigenvalue weighted by Gasteiger charge is 2.23. The summed E-state index contributed by atoms with van der Waals surface area (Å²) in [5.74, 6) is -0.885. The molecule has 0 saturated carbocycles. The fourth-order valence-corrected chi connectivity index (χ4v) is 1.17. The van der Waals surface area contributed by atoms with Crippen LogP contribution in [0.2, 0.25) is 0 Å². The smallest absolute Gasteiger partial charge is 0.339 e. The lowest BCUT2D eigenvalue weighted by Crippen LogP contribution is -2.99. The highest BCUT2D eigenvalue weighted by atomic mass is 16.8. The third-order valence-electron chi connectivity index (χ3n) is 1.91. The Morgan fingerprint density at radius 2 is 2.13 bits per heavy atom. The number of ether oxygens (including phenoxy) is 1. The van der Waals surface area contributed by atoms with Gasteiger partial charge in [0.15, 0.2) is 11.8 Å². The molecule has 0 aliphatic rings. The topological polar surface area (TPSA) is 94.3 Å². The van der Waals surface area contributed by atoms with E-state index in [0.29, 0.717) is 0 Å². The number of nitrogens with one attached hydrogen (secondary N) is 1. The van der Waals surface area contributed by atoms with Crippen LogP contribution < -0.4 is 5.23 Å². The van der Waals surface area contributed by atoms with Crippen LogP contribution >= 0.6 is 0 Å². The summed E-state index contributed by atoms with van der Waals surface area (Å²) in [6, 6.07) is 5.72. The van der Waals surface area contributed by atoms with E-state index in [2.05, 4.69) is 4.74 Å². The average Bonchev–Trinajstić information content (AvgIpc) is 2.27. The van der Waals surface area contributed by atoms with Gasteiger partial charge >= 0.3 is 5.97 Å². The number of carbonyl (C=O) groups excluding carboxylic acids is 1. The van der Waals surface area contributed by atoms with Crippen LogP contribution in [0.15, 0.2) is 24.3 Å². The number of para-hydroxylation sites is 1. The van der Waals surface area contributed by atoms with Crippen molar-refractivity contribution in [2.75, 3.05) is 7.11 Å². The highest BCUT2D eigenvalue weighted by molar-refractivity contribution is 5.77. The Morgan fingerprint density at radius 3 is 2.67 bits per heavy atom. The highest BCUT2D eigenvalue weighted by Crippen LogP contribution is 2.20. The van der Waals surface area contributed by atoms with Crippen molar-refractivity contribution in [1.82, 2.24) is 0 Å². The second-order valence-corrected chi connectivity index (χ2v) is 2.82. The minimum Gasteiger partial charge on any atom is -0.595 e. The lowest BCUT2D eigenvalue weighted by Gasteiger charge is -2.17. The number of hydrogen-bond acceptors (Lipinski definition) is 5. The molecule has 6 heteroatoms. The molecule has 0 saturated heterocycles. The van der Waals surface area contributed by atoms with Gasteiger partial charge < -0.3 is 15.1 Å². The Balaban J connectivity index is 3.07. The van der Waals surface area contributed by atoms with Crippen molar-refractivity contribution in [3.8, 4) is 0 Å². The summed E-state index contributed by atoms with van der Waals surface area (Å²) in [5, 5.41) is 27.9. The van der Waals surface area contributed by atoms with Gasteiger partial charge in [0.25, 0.3) is 0 Å². The van der Waals surface area contributed by atoms with Gasteiger partial charge in [-0.05, 0) is 6.07 Å². The summed E-state index contributed by atoms with van der Waals surface area (Å²) in [6.07, 6.45) is -1.57. The van der Waals surface area contributed by atoms with Crippen LogP contribution in [0.1, 0.15) is 11.7 Å². The number of carbonyl (C=O) groups is 1. The van der Waals surface area contributed by atoms with Gasteiger partial charge in [0.1, 0.15) is 0 Å². The van der Waals surface area contributed by atoms with Gasteiger partial charge in [-0.1, -0.05) is 12.1 Å². The summed E-state index contributed by atoms with van der Waals surface area (Å²) >= 11 is 0. The molecule has 1 aromatic rings. The molecule has 0 aliphatic heterocycles. The number of benzene rings is 1. The number of aliphatic hydroxyl groups excluding tert-OH is 1. The standard InChI is InChI=1S/C9H11NO5/c1-15-9(12)8(11)6-4-2-3-5-7(6)10(13)14/h2-5,8,10-11,13H,1H3/t8-/m0/s1. The number of hydrogen-bond donors (Lipinski definition) is 3. The molecule has 2 atom stereocenters. The van der Waals surface area contributed by atoms with E-state index in [1.807, 2.05) is 0 Å². The SMILES string of the molecule is COC(=O)[C@@H](O)c1ccccc1[NH+]([O-])O. The first-order valence-electron chi connectivity index (χ1n) is 4.16. The van der Waals surface area contributed by atoms with Gasteiger partial charge in [0.2, 0.25) is 0 Å². The molecule has 0 heterocycles. The number of esters is 1. The molecule has 0 aliphatic carbocycles. The maximum atomic E-state index is 11.0. The Kier molecular flexibility index (Phi) is 3.75. The molecule has 0 fully saturated rings. The van der Waals surface area contributed by atoms with Crippen LogP contribution in [-0.4, -0.2) is 23.4 Å². The van der Waals surface area contributed by atoms with Crippen molar-refractivity contribution in [2.24, 2.45) is 0 Å². The third kappa shape index (κ3) is 2.51. The second-order valence-electron chi connectivity index (χ2n) is 2.82. The molecule has 0 radical (unpaired) electrons. The van der Waals surface area contributed by atoms with E-state index in [1.54, 1.807) is 0 Å². The van der Waals surface area contributed by atoms with Gasteiger partial charge in [-0.15, -0.1) is 0 Å². The van der Waals surface area contributed by atoms with Crippen molar-refractivity contribution in [2.45, 2.75) is 6.10 Å². The average molecular weight is 213 g/mol. The molecule has 0 spiro atoms. The van der Waals surface area contributed by atoms with Crippen LogP contribution in [0.3, 0.4) is 0 Å². The molecule has 1 unspecified atom stereocenters. The largest absolute Gasteiger partial charge is 0.595 e. The van der Waals surface area contributed by atoms with E-state index in [1.165, 1.54) is 24.3 Å². The second kappa shape index (κ2) is 4.85. The van der Waals surface area contributed by atoms with Crippen molar-refractivity contribution in [1.29, 1.82) is 0 Å². The normalized spacial score (nSPS) is 14.4. The summed E-state index contributed by atoms with van der Waals surface area (Å²) in [6.45, 7) is 0. The first-order valence-corrected chi connectivity index (χ1v) is 4.16. The molecular weight excluding hydrogens is 202 g/mol. The van der Waals surface area contributed by atoms with E-state index in [-0.39, 0.29) is 11.3 Å². The molecule has 82 valence electrons. The first kappa shape index (κ1) is 11.6. The zero-order chi connectivity index (χ0) is 11.4. The van der Waals surface area contributed by atoms with Crippen molar-refractivity contribution in [3.63, 3.8) is 0 Å². The molecular formula is C9H11NO5. The predicted octanol–water partition coefficient (Wildman–Crippen LogP) is -0.704. The van der Waals surface area contributed by atoms with E-state index >= 15 is 0 Å². The number of methoxy groups -OCH3 is 1. The molecule has 6 nitrogen and oxygen atoms in total. The molecule has 0 amide bonds. The van der Waals surface area contributed by atoms with E-state index in [4.69, 9.17) is 5.21 Å². The van der Waals surface area contributed by atoms with Crippen LogP contribution in [0, 0.1) is 5.21 Å². The molecule has 1 rings (SSSR count). The zero-order valence-corrected chi connectivity index (χ0v) is 8.01. The van der Waals surface area contributed by atoms with Crippen LogP contribution in [0.5, 0.6) is 0 Å². The maximum absolute atomic E-state index is 11.0. The van der Waals surface area contributed by atoms with Gasteiger partial charge in [0.05, 0.1) is 12.7 Å².